The van der Waals surface area contributed by atoms with Crippen molar-refractivity contribution in [1.82, 2.24) is 0 Å². The molecule has 4 heteroatoms. The number of rotatable bonds is 7. The quantitative estimate of drug-likeness (QED) is 0.544. The van der Waals surface area contributed by atoms with Crippen molar-refractivity contribution in [2.45, 2.75) is 27.1 Å². The van der Waals surface area contributed by atoms with E-state index in [4.69, 9.17) is 9.47 Å². The Morgan fingerprint density at radius 2 is 2.00 bits per heavy atom. The molecule has 0 saturated carbocycles. The maximum absolute atomic E-state index is 12.0. The number of hydrogen-bond donors (Lipinski definition) is 0. The van der Waals surface area contributed by atoms with Gasteiger partial charge in [-0.2, -0.15) is 0 Å². The molecule has 3 nitrogen and oxygen atoms in total. The van der Waals surface area contributed by atoms with E-state index in [1.165, 1.54) is 11.3 Å². The smallest absolute Gasteiger partial charge is 0.180 e. The molecule has 1 rings (SSSR count). The van der Waals surface area contributed by atoms with Crippen molar-refractivity contribution in [2.24, 2.45) is 5.92 Å². The summed E-state index contributed by atoms with van der Waals surface area (Å²) in [5, 5.41) is 1.90. The molecule has 90 valence electrons. The van der Waals surface area contributed by atoms with Crippen LogP contribution >= 0.6 is 11.3 Å². The highest BCUT2D eigenvalue weighted by Crippen LogP contribution is 2.19. The van der Waals surface area contributed by atoms with Crippen LogP contribution < -0.4 is 0 Å². The van der Waals surface area contributed by atoms with E-state index >= 15 is 0 Å². The Bertz CT molecular complexity index is 302. The molecule has 0 fully saturated rings. The third-order valence-corrected chi connectivity index (χ3v) is 3.13. The van der Waals surface area contributed by atoms with E-state index in [1.54, 1.807) is 0 Å². The summed E-state index contributed by atoms with van der Waals surface area (Å²) in [4.78, 5) is 12.8. The van der Waals surface area contributed by atoms with Gasteiger partial charge in [0.1, 0.15) is 0 Å². The van der Waals surface area contributed by atoms with E-state index in [-0.39, 0.29) is 11.7 Å². The van der Waals surface area contributed by atoms with Gasteiger partial charge < -0.3 is 9.47 Å². The normalized spacial score (nSPS) is 13.0. The first-order chi connectivity index (χ1) is 7.70. The van der Waals surface area contributed by atoms with Crippen LogP contribution in [0.4, 0.5) is 0 Å². The fourth-order valence-corrected chi connectivity index (χ4v) is 2.19. The molecule has 1 aromatic rings. The molecule has 0 aliphatic rings. The molecule has 16 heavy (non-hydrogen) atoms. The zero-order valence-corrected chi connectivity index (χ0v) is 10.8. The van der Waals surface area contributed by atoms with Gasteiger partial charge in [-0.1, -0.05) is 13.0 Å². The zero-order valence-electron chi connectivity index (χ0n) is 9.93. The lowest BCUT2D eigenvalue weighted by Crippen LogP contribution is -2.31. The van der Waals surface area contributed by atoms with E-state index in [2.05, 4.69) is 0 Å². The number of hydrogen-bond acceptors (Lipinski definition) is 4. The van der Waals surface area contributed by atoms with Gasteiger partial charge in [-0.05, 0) is 25.3 Å². The molecule has 0 aliphatic carbocycles. The molecular formula is C12H18O3S. The van der Waals surface area contributed by atoms with Gasteiger partial charge in [-0.3, -0.25) is 4.79 Å². The second-order valence-corrected chi connectivity index (χ2v) is 4.36. The van der Waals surface area contributed by atoms with Crippen molar-refractivity contribution in [2.75, 3.05) is 13.2 Å². The molecule has 0 amide bonds. The summed E-state index contributed by atoms with van der Waals surface area (Å²) >= 11 is 1.45. The average Bonchev–Trinajstić information content (AvgIpc) is 2.80. The van der Waals surface area contributed by atoms with Crippen molar-refractivity contribution >= 4 is 17.1 Å². The van der Waals surface area contributed by atoms with E-state index in [0.717, 1.165) is 4.88 Å². The summed E-state index contributed by atoms with van der Waals surface area (Å²) in [6.07, 6.45) is -0.440. The number of ketones is 1. The van der Waals surface area contributed by atoms with Crippen LogP contribution in [0.15, 0.2) is 17.5 Å². The van der Waals surface area contributed by atoms with Crippen molar-refractivity contribution < 1.29 is 14.3 Å². The van der Waals surface area contributed by atoms with Gasteiger partial charge in [0.25, 0.3) is 0 Å². The summed E-state index contributed by atoms with van der Waals surface area (Å²) in [5.74, 6) is -0.180. The second-order valence-electron chi connectivity index (χ2n) is 3.41. The molecule has 0 aliphatic heterocycles. The second kappa shape index (κ2) is 6.78. The lowest BCUT2D eigenvalue weighted by Gasteiger charge is -2.22. The molecule has 1 aromatic heterocycles. The fraction of sp³-hybridized carbons (Fsp3) is 0.583. The van der Waals surface area contributed by atoms with Crippen LogP contribution in [0.3, 0.4) is 0 Å². The Labute approximate surface area is 100 Å². The molecule has 0 aromatic carbocycles. The van der Waals surface area contributed by atoms with Crippen LogP contribution in [-0.2, 0) is 9.47 Å². The maximum Gasteiger partial charge on any atom is 0.180 e. The van der Waals surface area contributed by atoms with E-state index in [9.17, 15) is 4.79 Å². The first-order valence-corrected chi connectivity index (χ1v) is 6.39. The predicted molar refractivity (Wildman–Crippen MR) is 64.9 cm³/mol. The van der Waals surface area contributed by atoms with Gasteiger partial charge in [0.2, 0.25) is 0 Å². The number of ether oxygens (including phenoxy) is 2. The Morgan fingerprint density at radius 1 is 1.38 bits per heavy atom. The number of carbonyl (C=O) groups is 1. The Hall–Kier alpha value is -0.710. The maximum atomic E-state index is 12.0. The van der Waals surface area contributed by atoms with Crippen molar-refractivity contribution in [3.8, 4) is 0 Å². The van der Waals surface area contributed by atoms with E-state index in [1.807, 2.05) is 38.3 Å². The van der Waals surface area contributed by atoms with Crippen LogP contribution in [0.1, 0.15) is 30.4 Å². The predicted octanol–water partition coefficient (Wildman–Crippen LogP) is 2.97. The van der Waals surface area contributed by atoms with Gasteiger partial charge in [0.15, 0.2) is 12.1 Å². The Kier molecular flexibility index (Phi) is 5.66. The van der Waals surface area contributed by atoms with Gasteiger partial charge in [0.05, 0.1) is 10.8 Å². The number of thiophene rings is 1. The molecule has 0 N–H and O–H groups in total. The zero-order chi connectivity index (χ0) is 12.0. The summed E-state index contributed by atoms with van der Waals surface area (Å²) < 4.78 is 10.8. The molecular weight excluding hydrogens is 224 g/mol. The minimum atomic E-state index is -0.440. The highest BCUT2D eigenvalue weighted by Gasteiger charge is 2.26. The SMILES string of the molecule is CCOC(OCC)C(C)C(=O)c1cccs1. The fourth-order valence-electron chi connectivity index (χ4n) is 1.43. The van der Waals surface area contributed by atoms with Gasteiger partial charge in [-0.25, -0.2) is 0 Å². The molecule has 0 spiro atoms. The van der Waals surface area contributed by atoms with Crippen molar-refractivity contribution in [3.63, 3.8) is 0 Å². The Morgan fingerprint density at radius 3 is 2.44 bits per heavy atom. The average molecular weight is 242 g/mol. The van der Waals surface area contributed by atoms with Crippen molar-refractivity contribution in [1.29, 1.82) is 0 Å². The molecule has 0 saturated heterocycles. The molecule has 1 unspecified atom stereocenters. The monoisotopic (exact) mass is 242 g/mol. The van der Waals surface area contributed by atoms with E-state index in [0.29, 0.717) is 13.2 Å². The first kappa shape index (κ1) is 13.4. The number of carbonyl (C=O) groups excluding carboxylic acids is 1. The topological polar surface area (TPSA) is 35.5 Å². The van der Waals surface area contributed by atoms with Gasteiger partial charge in [-0.15, -0.1) is 11.3 Å². The number of Topliss-reactive ketones (excluding diaryl/α,β-unsaturated/α-hetero) is 1. The minimum Gasteiger partial charge on any atom is -0.352 e. The highest BCUT2D eigenvalue weighted by atomic mass is 32.1. The van der Waals surface area contributed by atoms with Gasteiger partial charge in [0, 0.05) is 13.2 Å². The van der Waals surface area contributed by atoms with Crippen molar-refractivity contribution in [3.05, 3.63) is 22.4 Å². The lowest BCUT2D eigenvalue weighted by atomic mass is 10.0. The third-order valence-electron chi connectivity index (χ3n) is 2.25. The van der Waals surface area contributed by atoms with Crippen LogP contribution in [0.5, 0.6) is 0 Å². The molecule has 1 heterocycles. The minimum absolute atomic E-state index is 0.0851. The standard InChI is InChI=1S/C12H18O3S/c1-4-14-12(15-5-2)9(3)11(13)10-7-6-8-16-10/h6-9,12H,4-5H2,1-3H3. The molecule has 0 bridgehead atoms. The van der Waals surface area contributed by atoms with Crippen LogP contribution in [0, 0.1) is 5.92 Å². The van der Waals surface area contributed by atoms with Crippen LogP contribution in [0.25, 0.3) is 0 Å². The molecule has 1 atom stereocenters. The summed E-state index contributed by atoms with van der Waals surface area (Å²) in [7, 11) is 0. The summed E-state index contributed by atoms with van der Waals surface area (Å²) in [6, 6.07) is 3.71. The van der Waals surface area contributed by atoms with E-state index < -0.39 is 6.29 Å². The first-order valence-electron chi connectivity index (χ1n) is 5.51. The molecule has 0 radical (unpaired) electrons. The Balaban J connectivity index is 2.66. The van der Waals surface area contributed by atoms with Crippen LogP contribution in [0.2, 0.25) is 0 Å². The summed E-state index contributed by atoms with van der Waals surface area (Å²) in [6.45, 7) is 6.74. The highest BCUT2D eigenvalue weighted by molar-refractivity contribution is 7.12. The largest absolute Gasteiger partial charge is 0.352 e. The van der Waals surface area contributed by atoms with Gasteiger partial charge >= 0.3 is 0 Å². The summed E-state index contributed by atoms with van der Waals surface area (Å²) in [5.41, 5.74) is 0. The lowest BCUT2D eigenvalue weighted by molar-refractivity contribution is -0.154. The van der Waals surface area contributed by atoms with Crippen LogP contribution in [-0.4, -0.2) is 25.3 Å². The third kappa shape index (κ3) is 3.40.